The minimum absolute atomic E-state index is 0.0361. The quantitative estimate of drug-likeness (QED) is 0.907. The van der Waals surface area contributed by atoms with E-state index >= 15 is 0 Å². The molecule has 1 heterocycles. The molecule has 1 atom stereocenters. The Morgan fingerprint density at radius 3 is 2.35 bits per heavy atom. The molecular weight excluding hydrogens is 268 g/mol. The van der Waals surface area contributed by atoms with Crippen molar-refractivity contribution in [3.63, 3.8) is 0 Å². The fraction of sp³-hybridized carbons (Fsp3) is 0.429. The lowest BCUT2D eigenvalue weighted by molar-refractivity contribution is 0.0612. The van der Waals surface area contributed by atoms with Crippen molar-refractivity contribution in [1.82, 2.24) is 4.90 Å². The van der Waals surface area contributed by atoms with Crippen LogP contribution in [0, 0.1) is 11.6 Å². The highest BCUT2D eigenvalue weighted by Gasteiger charge is 2.28. The van der Waals surface area contributed by atoms with E-state index in [2.05, 4.69) is 0 Å². The Morgan fingerprint density at radius 1 is 1.20 bits per heavy atom. The zero-order chi connectivity index (χ0) is 14.9. The van der Waals surface area contributed by atoms with Crippen molar-refractivity contribution in [3.8, 4) is 0 Å². The molecule has 0 aromatic heterocycles. The van der Waals surface area contributed by atoms with Gasteiger partial charge in [0.05, 0.1) is 11.1 Å². The number of nitrogens with zero attached hydrogens (tertiary/aromatic N) is 1. The maximum Gasteiger partial charge on any atom is 0.336 e. The lowest BCUT2D eigenvalue weighted by Gasteiger charge is -2.33. The third-order valence-electron chi connectivity index (χ3n) is 3.59. The molecule has 1 fully saturated rings. The number of amides is 1. The van der Waals surface area contributed by atoms with Gasteiger partial charge in [0.15, 0.2) is 11.6 Å². The van der Waals surface area contributed by atoms with Crippen LogP contribution in [0.4, 0.5) is 8.78 Å². The second-order valence-electron chi connectivity index (χ2n) is 4.96. The average molecular weight is 283 g/mol. The number of carbonyl (C=O) groups excluding carboxylic acids is 1. The minimum Gasteiger partial charge on any atom is -0.478 e. The van der Waals surface area contributed by atoms with Gasteiger partial charge in [0.25, 0.3) is 5.91 Å². The van der Waals surface area contributed by atoms with E-state index in [1.165, 1.54) is 4.90 Å². The number of benzene rings is 1. The standard InChI is InChI=1S/C14H15F2NO3/c1-8-4-2-3-5-17(8)13(18)9-6-11(15)12(16)7-10(9)14(19)20/h6-8H,2-5H2,1H3,(H,19,20). The van der Waals surface area contributed by atoms with Crippen molar-refractivity contribution < 1.29 is 23.5 Å². The van der Waals surface area contributed by atoms with Crippen LogP contribution >= 0.6 is 0 Å². The van der Waals surface area contributed by atoms with Crippen molar-refractivity contribution >= 4 is 11.9 Å². The summed E-state index contributed by atoms with van der Waals surface area (Å²) in [4.78, 5) is 25.0. The SMILES string of the molecule is CC1CCCCN1C(=O)c1cc(F)c(F)cc1C(=O)O. The second kappa shape index (κ2) is 5.56. The number of rotatable bonds is 2. The van der Waals surface area contributed by atoms with Gasteiger partial charge in [-0.05, 0) is 38.3 Å². The first kappa shape index (κ1) is 14.4. The van der Waals surface area contributed by atoms with Crippen LogP contribution in [0.1, 0.15) is 46.9 Å². The molecule has 1 amide bonds. The summed E-state index contributed by atoms with van der Waals surface area (Å²) < 4.78 is 26.4. The third kappa shape index (κ3) is 2.64. The van der Waals surface area contributed by atoms with Crippen molar-refractivity contribution in [2.75, 3.05) is 6.54 Å². The molecule has 1 aromatic rings. The molecule has 2 rings (SSSR count). The van der Waals surface area contributed by atoms with Gasteiger partial charge in [-0.3, -0.25) is 4.79 Å². The molecule has 1 aliphatic rings. The topological polar surface area (TPSA) is 57.6 Å². The first-order valence-electron chi connectivity index (χ1n) is 6.45. The summed E-state index contributed by atoms with van der Waals surface area (Å²) >= 11 is 0. The molecule has 6 heteroatoms. The molecule has 0 aliphatic carbocycles. The zero-order valence-corrected chi connectivity index (χ0v) is 11.0. The van der Waals surface area contributed by atoms with Gasteiger partial charge in [0.1, 0.15) is 0 Å². The highest BCUT2D eigenvalue weighted by Crippen LogP contribution is 2.22. The number of aromatic carboxylic acids is 1. The lowest BCUT2D eigenvalue weighted by atomic mass is 10.00. The minimum atomic E-state index is -1.45. The molecule has 1 aliphatic heterocycles. The third-order valence-corrected chi connectivity index (χ3v) is 3.59. The monoisotopic (exact) mass is 283 g/mol. The van der Waals surface area contributed by atoms with Gasteiger partial charge >= 0.3 is 5.97 Å². The second-order valence-corrected chi connectivity index (χ2v) is 4.96. The molecule has 1 unspecified atom stereocenters. The van der Waals surface area contributed by atoms with Crippen molar-refractivity contribution in [2.45, 2.75) is 32.2 Å². The number of carbonyl (C=O) groups is 2. The number of carboxylic acid groups (broad SMARTS) is 1. The number of carboxylic acids is 1. The van der Waals surface area contributed by atoms with Gasteiger partial charge in [0, 0.05) is 12.6 Å². The summed E-state index contributed by atoms with van der Waals surface area (Å²) in [5.41, 5.74) is -0.808. The van der Waals surface area contributed by atoms with Crippen LogP contribution in [0.3, 0.4) is 0 Å². The zero-order valence-electron chi connectivity index (χ0n) is 11.0. The number of halogens is 2. The van der Waals surface area contributed by atoms with Gasteiger partial charge in [-0.15, -0.1) is 0 Å². The number of likely N-dealkylation sites (tertiary alicyclic amines) is 1. The highest BCUT2D eigenvalue weighted by molar-refractivity contribution is 6.04. The maximum atomic E-state index is 13.3. The number of piperidine rings is 1. The van der Waals surface area contributed by atoms with E-state index < -0.39 is 29.1 Å². The molecule has 0 bridgehead atoms. The Bertz CT molecular complexity index is 560. The fourth-order valence-electron chi connectivity index (χ4n) is 2.46. The molecular formula is C14H15F2NO3. The summed E-state index contributed by atoms with van der Waals surface area (Å²) in [5.74, 6) is -4.50. The predicted octanol–water partition coefficient (Wildman–Crippen LogP) is 2.68. The van der Waals surface area contributed by atoms with Gasteiger partial charge in [-0.25, -0.2) is 13.6 Å². The van der Waals surface area contributed by atoms with Crippen LogP contribution in [-0.4, -0.2) is 34.5 Å². The Morgan fingerprint density at radius 2 is 1.80 bits per heavy atom. The Kier molecular flexibility index (Phi) is 4.01. The summed E-state index contributed by atoms with van der Waals surface area (Å²) in [6.45, 7) is 2.36. The van der Waals surface area contributed by atoms with Crippen molar-refractivity contribution in [2.24, 2.45) is 0 Å². The molecule has 1 saturated heterocycles. The molecule has 1 N–H and O–H groups in total. The lowest BCUT2D eigenvalue weighted by Crippen LogP contribution is -2.42. The first-order valence-corrected chi connectivity index (χ1v) is 6.45. The van der Waals surface area contributed by atoms with Crippen LogP contribution in [0.25, 0.3) is 0 Å². The van der Waals surface area contributed by atoms with Crippen molar-refractivity contribution in [1.29, 1.82) is 0 Å². The molecule has 0 spiro atoms. The van der Waals surface area contributed by atoms with Gasteiger partial charge in [-0.2, -0.15) is 0 Å². The van der Waals surface area contributed by atoms with E-state index in [4.69, 9.17) is 5.11 Å². The highest BCUT2D eigenvalue weighted by atomic mass is 19.2. The van der Waals surface area contributed by atoms with Crippen LogP contribution < -0.4 is 0 Å². The Balaban J connectivity index is 2.42. The van der Waals surface area contributed by atoms with E-state index in [0.717, 1.165) is 19.3 Å². The summed E-state index contributed by atoms with van der Waals surface area (Å²) in [5, 5.41) is 9.03. The van der Waals surface area contributed by atoms with Gasteiger partial charge in [-0.1, -0.05) is 0 Å². The number of hydrogen-bond donors (Lipinski definition) is 1. The normalized spacial score (nSPS) is 18.9. The fourth-order valence-corrected chi connectivity index (χ4v) is 2.46. The van der Waals surface area contributed by atoms with Crippen LogP contribution in [0.5, 0.6) is 0 Å². The molecule has 20 heavy (non-hydrogen) atoms. The molecule has 0 radical (unpaired) electrons. The Labute approximate surface area is 115 Å². The van der Waals surface area contributed by atoms with Crippen molar-refractivity contribution in [3.05, 3.63) is 34.9 Å². The van der Waals surface area contributed by atoms with Crippen LogP contribution in [-0.2, 0) is 0 Å². The van der Waals surface area contributed by atoms with E-state index in [1.807, 2.05) is 6.92 Å². The van der Waals surface area contributed by atoms with E-state index in [1.54, 1.807) is 0 Å². The summed E-state index contributed by atoms with van der Waals surface area (Å²) in [6, 6.07) is 1.19. The molecule has 0 saturated carbocycles. The summed E-state index contributed by atoms with van der Waals surface area (Å²) in [6.07, 6.45) is 2.63. The van der Waals surface area contributed by atoms with Gasteiger partial charge in [0.2, 0.25) is 0 Å². The molecule has 4 nitrogen and oxygen atoms in total. The van der Waals surface area contributed by atoms with Gasteiger partial charge < -0.3 is 10.0 Å². The maximum absolute atomic E-state index is 13.3. The van der Waals surface area contributed by atoms with Crippen LogP contribution in [0.2, 0.25) is 0 Å². The molecule has 108 valence electrons. The first-order chi connectivity index (χ1) is 9.41. The summed E-state index contributed by atoms with van der Waals surface area (Å²) in [7, 11) is 0. The largest absolute Gasteiger partial charge is 0.478 e. The Hall–Kier alpha value is -1.98. The van der Waals surface area contributed by atoms with E-state index in [9.17, 15) is 18.4 Å². The smallest absolute Gasteiger partial charge is 0.336 e. The molecule has 1 aromatic carbocycles. The van der Waals surface area contributed by atoms with E-state index in [0.29, 0.717) is 18.7 Å². The number of hydrogen-bond acceptors (Lipinski definition) is 2. The predicted molar refractivity (Wildman–Crippen MR) is 67.7 cm³/mol. The van der Waals surface area contributed by atoms with E-state index in [-0.39, 0.29) is 11.6 Å². The van der Waals surface area contributed by atoms with Crippen LogP contribution in [0.15, 0.2) is 12.1 Å². The average Bonchev–Trinajstić information content (AvgIpc) is 2.41.